The van der Waals surface area contributed by atoms with Crippen molar-refractivity contribution in [3.05, 3.63) is 16.1 Å². The van der Waals surface area contributed by atoms with Crippen LogP contribution in [0.3, 0.4) is 0 Å². The quantitative estimate of drug-likeness (QED) is 0.722. The second-order valence-corrected chi connectivity index (χ2v) is 4.71. The molecule has 1 aromatic rings. The molecule has 1 heterocycles. The fraction of sp³-hybridized carbons (Fsp3) is 0.636. The number of unbranched alkanes of at least 4 members (excludes halogenated alkanes) is 1. The molecule has 0 saturated carbocycles. The molecule has 5 nitrogen and oxygen atoms in total. The fourth-order valence-electron chi connectivity index (χ4n) is 1.26. The Morgan fingerprint density at radius 3 is 3.00 bits per heavy atom. The summed E-state index contributed by atoms with van der Waals surface area (Å²) in [5, 5.41) is 5.34. The molecule has 0 saturated heterocycles. The first kappa shape index (κ1) is 14.1. The number of methoxy groups -OCH3 is 1. The van der Waals surface area contributed by atoms with E-state index in [1.807, 2.05) is 6.92 Å². The van der Waals surface area contributed by atoms with Gasteiger partial charge in [-0.1, -0.05) is 0 Å². The highest BCUT2D eigenvalue weighted by molar-refractivity contribution is 7.09. The van der Waals surface area contributed by atoms with E-state index >= 15 is 0 Å². The lowest BCUT2D eigenvalue weighted by atomic mass is 10.3. The summed E-state index contributed by atoms with van der Waals surface area (Å²) in [4.78, 5) is 15.9. The zero-order chi connectivity index (χ0) is 12.7. The van der Waals surface area contributed by atoms with Crippen molar-refractivity contribution in [3.8, 4) is 0 Å². The highest BCUT2D eigenvalue weighted by Gasteiger charge is 2.11. The minimum absolute atomic E-state index is 0.122. The van der Waals surface area contributed by atoms with Gasteiger partial charge in [0.05, 0.1) is 6.04 Å². The highest BCUT2D eigenvalue weighted by atomic mass is 32.1. The number of carbonyl (C=O) groups excluding carboxylic acids is 1. The minimum atomic E-state index is -0.134. The number of nitrogens with two attached hydrogens (primary N) is 1. The Morgan fingerprint density at radius 1 is 1.65 bits per heavy atom. The van der Waals surface area contributed by atoms with Crippen LogP contribution in [-0.2, 0) is 4.74 Å². The highest BCUT2D eigenvalue weighted by Crippen LogP contribution is 2.15. The van der Waals surface area contributed by atoms with Gasteiger partial charge in [0.1, 0.15) is 10.7 Å². The lowest BCUT2D eigenvalue weighted by Gasteiger charge is -2.02. The molecule has 1 amide bonds. The number of carbonyl (C=O) groups is 1. The molecule has 1 rings (SSSR count). The molecule has 3 N–H and O–H groups in total. The van der Waals surface area contributed by atoms with Gasteiger partial charge in [-0.05, 0) is 19.8 Å². The lowest BCUT2D eigenvalue weighted by Crippen LogP contribution is -2.25. The molecule has 0 fully saturated rings. The molecule has 0 aliphatic heterocycles. The van der Waals surface area contributed by atoms with Crippen molar-refractivity contribution in [1.29, 1.82) is 0 Å². The Bertz CT molecular complexity index is 352. The first-order valence-corrected chi connectivity index (χ1v) is 6.51. The van der Waals surface area contributed by atoms with E-state index in [1.165, 1.54) is 11.3 Å². The average Bonchev–Trinajstić information content (AvgIpc) is 2.78. The third-order valence-corrected chi connectivity index (χ3v) is 3.25. The van der Waals surface area contributed by atoms with E-state index in [1.54, 1.807) is 12.5 Å². The molecule has 0 aromatic carbocycles. The van der Waals surface area contributed by atoms with Gasteiger partial charge in [-0.2, -0.15) is 0 Å². The summed E-state index contributed by atoms with van der Waals surface area (Å²) in [6, 6.07) is -0.122. The summed E-state index contributed by atoms with van der Waals surface area (Å²) >= 11 is 1.42. The Morgan fingerprint density at radius 2 is 2.41 bits per heavy atom. The molecule has 1 unspecified atom stereocenters. The molecule has 1 aromatic heterocycles. The maximum absolute atomic E-state index is 11.7. The van der Waals surface area contributed by atoms with Crippen LogP contribution in [0.4, 0.5) is 0 Å². The summed E-state index contributed by atoms with van der Waals surface area (Å²) in [6.07, 6.45) is 1.85. The van der Waals surface area contributed by atoms with Crippen LogP contribution in [0.25, 0.3) is 0 Å². The van der Waals surface area contributed by atoms with Gasteiger partial charge in [0.15, 0.2) is 0 Å². The molecular formula is C11H19N3O2S. The number of nitrogens with one attached hydrogen (secondary N) is 1. The summed E-state index contributed by atoms with van der Waals surface area (Å²) in [5.41, 5.74) is 6.14. The number of hydrogen-bond donors (Lipinski definition) is 2. The predicted octanol–water partition coefficient (Wildman–Crippen LogP) is 1.32. The molecule has 1 atom stereocenters. The van der Waals surface area contributed by atoms with Crippen molar-refractivity contribution in [1.82, 2.24) is 10.3 Å². The molecule has 6 heteroatoms. The van der Waals surface area contributed by atoms with Crippen molar-refractivity contribution in [3.63, 3.8) is 0 Å². The van der Waals surface area contributed by atoms with E-state index in [-0.39, 0.29) is 11.9 Å². The van der Waals surface area contributed by atoms with Gasteiger partial charge < -0.3 is 15.8 Å². The number of ether oxygens (including phenoxy) is 1. The summed E-state index contributed by atoms with van der Waals surface area (Å²) in [6.45, 7) is 3.22. The van der Waals surface area contributed by atoms with E-state index in [0.29, 0.717) is 12.2 Å². The molecule has 0 bridgehead atoms. The Balaban J connectivity index is 2.31. The van der Waals surface area contributed by atoms with Crippen LogP contribution < -0.4 is 11.1 Å². The smallest absolute Gasteiger partial charge is 0.270 e. The van der Waals surface area contributed by atoms with Crippen molar-refractivity contribution in [2.75, 3.05) is 20.3 Å². The van der Waals surface area contributed by atoms with Crippen molar-refractivity contribution in [2.45, 2.75) is 25.8 Å². The average molecular weight is 257 g/mol. The first-order valence-electron chi connectivity index (χ1n) is 5.63. The van der Waals surface area contributed by atoms with Crippen LogP contribution in [0.2, 0.25) is 0 Å². The Kier molecular flexibility index (Phi) is 6.10. The lowest BCUT2D eigenvalue weighted by molar-refractivity contribution is 0.0947. The number of amides is 1. The van der Waals surface area contributed by atoms with Crippen molar-refractivity contribution in [2.24, 2.45) is 5.73 Å². The molecule has 0 spiro atoms. The van der Waals surface area contributed by atoms with Gasteiger partial charge in [0.25, 0.3) is 5.91 Å². The van der Waals surface area contributed by atoms with E-state index in [4.69, 9.17) is 10.5 Å². The maximum atomic E-state index is 11.7. The normalized spacial score (nSPS) is 12.4. The first-order chi connectivity index (χ1) is 8.15. The predicted molar refractivity (Wildman–Crippen MR) is 68.2 cm³/mol. The van der Waals surface area contributed by atoms with Crippen LogP contribution in [0.15, 0.2) is 5.38 Å². The zero-order valence-corrected chi connectivity index (χ0v) is 11.0. The molecular weight excluding hydrogens is 238 g/mol. The van der Waals surface area contributed by atoms with Crippen LogP contribution >= 0.6 is 11.3 Å². The number of hydrogen-bond acceptors (Lipinski definition) is 5. The molecule has 17 heavy (non-hydrogen) atoms. The second kappa shape index (κ2) is 7.37. The van der Waals surface area contributed by atoms with Crippen LogP contribution in [0, 0.1) is 0 Å². The van der Waals surface area contributed by atoms with Gasteiger partial charge in [0, 0.05) is 25.6 Å². The topological polar surface area (TPSA) is 77.2 Å². The van der Waals surface area contributed by atoms with E-state index in [0.717, 1.165) is 24.5 Å². The number of rotatable bonds is 7. The Hall–Kier alpha value is -0.980. The largest absolute Gasteiger partial charge is 0.385 e. The number of aromatic nitrogens is 1. The molecule has 0 aliphatic carbocycles. The molecule has 96 valence electrons. The third kappa shape index (κ3) is 4.80. The van der Waals surface area contributed by atoms with Crippen LogP contribution in [0.1, 0.15) is 41.3 Å². The third-order valence-electron chi connectivity index (χ3n) is 2.20. The van der Waals surface area contributed by atoms with Gasteiger partial charge in [-0.25, -0.2) is 4.98 Å². The van der Waals surface area contributed by atoms with Gasteiger partial charge in [-0.3, -0.25) is 4.79 Å². The van der Waals surface area contributed by atoms with Gasteiger partial charge >= 0.3 is 0 Å². The number of nitrogens with zero attached hydrogens (tertiary/aromatic N) is 1. The molecule has 0 radical (unpaired) electrons. The van der Waals surface area contributed by atoms with E-state index in [2.05, 4.69) is 10.3 Å². The number of thiazole rings is 1. The summed E-state index contributed by atoms with van der Waals surface area (Å²) in [7, 11) is 1.67. The van der Waals surface area contributed by atoms with Gasteiger partial charge in [0.2, 0.25) is 0 Å². The minimum Gasteiger partial charge on any atom is -0.385 e. The summed E-state index contributed by atoms with van der Waals surface area (Å²) < 4.78 is 4.93. The SMILES string of the molecule is COCCCCNC(=O)c1csc(C(C)N)n1. The van der Waals surface area contributed by atoms with Gasteiger partial charge in [-0.15, -0.1) is 11.3 Å². The summed E-state index contributed by atoms with van der Waals surface area (Å²) in [5.74, 6) is -0.134. The Labute approximate surface area is 105 Å². The van der Waals surface area contributed by atoms with Crippen molar-refractivity contribution < 1.29 is 9.53 Å². The monoisotopic (exact) mass is 257 g/mol. The van der Waals surface area contributed by atoms with E-state index in [9.17, 15) is 4.79 Å². The second-order valence-electron chi connectivity index (χ2n) is 3.82. The molecule has 0 aliphatic rings. The fourth-order valence-corrected chi connectivity index (χ4v) is 2.02. The zero-order valence-electron chi connectivity index (χ0n) is 10.2. The van der Waals surface area contributed by atoms with Crippen LogP contribution in [0.5, 0.6) is 0 Å². The maximum Gasteiger partial charge on any atom is 0.270 e. The van der Waals surface area contributed by atoms with Crippen LogP contribution in [-0.4, -0.2) is 31.2 Å². The van der Waals surface area contributed by atoms with E-state index < -0.39 is 0 Å². The standard InChI is InChI=1S/C11H19N3O2S/c1-8(12)11-14-9(7-17-11)10(15)13-5-3-4-6-16-2/h7-8H,3-6,12H2,1-2H3,(H,13,15). The van der Waals surface area contributed by atoms with Crippen molar-refractivity contribution >= 4 is 17.2 Å².